The number of allylic oxidation sites excluding steroid dienone is 1. The molecule has 0 spiro atoms. The van der Waals surface area contributed by atoms with Gasteiger partial charge in [0.05, 0.1) is 5.69 Å². The van der Waals surface area contributed by atoms with E-state index in [0.717, 1.165) is 17.0 Å². The lowest BCUT2D eigenvalue weighted by atomic mass is 10.1. The minimum Gasteiger partial charge on any atom is -0.289 e. The second kappa shape index (κ2) is 5.00. The molecule has 0 unspecified atom stereocenters. The predicted octanol–water partition coefficient (Wildman–Crippen LogP) is 2.93. The Hall–Kier alpha value is -2.16. The number of hydrogen-bond acceptors (Lipinski definition) is 2. The highest BCUT2D eigenvalue weighted by molar-refractivity contribution is 6.06. The quantitative estimate of drug-likeness (QED) is 0.610. The number of benzene rings is 1. The van der Waals surface area contributed by atoms with E-state index in [1.807, 2.05) is 51.2 Å². The van der Waals surface area contributed by atoms with Crippen LogP contribution in [-0.4, -0.2) is 15.6 Å². The van der Waals surface area contributed by atoms with E-state index < -0.39 is 0 Å². The van der Waals surface area contributed by atoms with Crippen LogP contribution in [0.5, 0.6) is 0 Å². The summed E-state index contributed by atoms with van der Waals surface area (Å²) in [6.45, 7) is 3.95. The Labute approximate surface area is 107 Å². The lowest BCUT2D eigenvalue weighted by molar-refractivity contribution is 0.104. The number of ketones is 1. The first-order chi connectivity index (χ1) is 8.56. The molecule has 1 aromatic carbocycles. The smallest absolute Gasteiger partial charge is 0.185 e. The Morgan fingerprint density at radius 3 is 2.67 bits per heavy atom. The van der Waals surface area contributed by atoms with Crippen molar-refractivity contribution in [3.8, 4) is 0 Å². The number of nitrogens with zero attached hydrogens (tertiary/aromatic N) is 2. The number of rotatable bonds is 3. The van der Waals surface area contributed by atoms with Gasteiger partial charge in [-0.05, 0) is 38.1 Å². The average Bonchev–Trinajstić information content (AvgIpc) is 2.66. The summed E-state index contributed by atoms with van der Waals surface area (Å²) in [6, 6.07) is 9.52. The number of carbonyl (C=O) groups excluding carboxylic acids is 1. The second-order valence-electron chi connectivity index (χ2n) is 4.40. The minimum atomic E-state index is 0.00186. The van der Waals surface area contributed by atoms with Gasteiger partial charge < -0.3 is 0 Å². The van der Waals surface area contributed by atoms with Crippen molar-refractivity contribution in [1.82, 2.24) is 9.78 Å². The first-order valence-electron chi connectivity index (χ1n) is 5.86. The van der Waals surface area contributed by atoms with Gasteiger partial charge in [-0.2, -0.15) is 5.10 Å². The van der Waals surface area contributed by atoms with Crippen LogP contribution in [0.15, 0.2) is 36.4 Å². The summed E-state index contributed by atoms with van der Waals surface area (Å²) in [5.74, 6) is 0.00186. The standard InChI is InChI=1S/C15H16N2O/c1-11-5-4-6-13(9-11)15(18)8-7-14-10-12(2)17(3)16-14/h4-10H,1-3H3/b8-7+. The molecule has 1 aromatic heterocycles. The maximum atomic E-state index is 11.9. The van der Waals surface area contributed by atoms with E-state index in [-0.39, 0.29) is 5.78 Å². The van der Waals surface area contributed by atoms with Gasteiger partial charge in [0.15, 0.2) is 5.78 Å². The van der Waals surface area contributed by atoms with Gasteiger partial charge in [-0.15, -0.1) is 0 Å². The normalized spacial score (nSPS) is 11.1. The molecule has 0 saturated heterocycles. The lowest BCUT2D eigenvalue weighted by Gasteiger charge is -1.96. The molecule has 0 saturated carbocycles. The van der Waals surface area contributed by atoms with Crippen molar-refractivity contribution in [1.29, 1.82) is 0 Å². The van der Waals surface area contributed by atoms with Crippen LogP contribution in [0.3, 0.4) is 0 Å². The van der Waals surface area contributed by atoms with Crippen LogP contribution < -0.4 is 0 Å². The molecule has 0 bridgehead atoms. The van der Waals surface area contributed by atoms with Crippen LogP contribution in [0.2, 0.25) is 0 Å². The molecule has 3 nitrogen and oxygen atoms in total. The Bertz CT molecular complexity index is 589. The van der Waals surface area contributed by atoms with E-state index in [9.17, 15) is 4.79 Å². The van der Waals surface area contributed by atoms with Crippen LogP contribution in [0, 0.1) is 13.8 Å². The van der Waals surface area contributed by atoms with E-state index >= 15 is 0 Å². The molecule has 92 valence electrons. The number of carbonyl (C=O) groups is 1. The molecule has 0 amide bonds. The third-order valence-electron chi connectivity index (χ3n) is 2.84. The first-order valence-corrected chi connectivity index (χ1v) is 5.86. The van der Waals surface area contributed by atoms with Gasteiger partial charge in [-0.3, -0.25) is 9.48 Å². The monoisotopic (exact) mass is 240 g/mol. The molecular weight excluding hydrogens is 224 g/mol. The minimum absolute atomic E-state index is 0.00186. The van der Waals surface area contributed by atoms with Crippen molar-refractivity contribution in [2.75, 3.05) is 0 Å². The third kappa shape index (κ3) is 2.74. The number of aromatic nitrogens is 2. The summed E-state index contributed by atoms with van der Waals surface area (Å²) in [5.41, 5.74) is 3.66. The van der Waals surface area contributed by atoms with E-state index in [1.165, 1.54) is 0 Å². The largest absolute Gasteiger partial charge is 0.289 e. The van der Waals surface area contributed by atoms with E-state index in [4.69, 9.17) is 0 Å². The van der Waals surface area contributed by atoms with Crippen molar-refractivity contribution >= 4 is 11.9 Å². The molecule has 2 rings (SSSR count). The predicted molar refractivity (Wildman–Crippen MR) is 72.5 cm³/mol. The van der Waals surface area contributed by atoms with Crippen molar-refractivity contribution in [2.45, 2.75) is 13.8 Å². The summed E-state index contributed by atoms with van der Waals surface area (Å²) in [5, 5.41) is 4.27. The Balaban J connectivity index is 2.16. The van der Waals surface area contributed by atoms with Gasteiger partial charge in [-0.25, -0.2) is 0 Å². The van der Waals surface area contributed by atoms with Gasteiger partial charge in [0, 0.05) is 18.3 Å². The fourth-order valence-corrected chi connectivity index (χ4v) is 1.73. The summed E-state index contributed by atoms with van der Waals surface area (Å²) >= 11 is 0. The van der Waals surface area contributed by atoms with Gasteiger partial charge in [0.1, 0.15) is 0 Å². The molecule has 0 fully saturated rings. The van der Waals surface area contributed by atoms with Crippen molar-refractivity contribution in [2.24, 2.45) is 7.05 Å². The zero-order chi connectivity index (χ0) is 13.1. The Morgan fingerprint density at radius 1 is 1.28 bits per heavy atom. The van der Waals surface area contributed by atoms with Crippen molar-refractivity contribution in [3.05, 3.63) is 58.9 Å². The summed E-state index contributed by atoms with van der Waals surface area (Å²) in [6.07, 6.45) is 3.31. The highest BCUT2D eigenvalue weighted by Crippen LogP contribution is 2.08. The second-order valence-corrected chi connectivity index (χ2v) is 4.40. The molecule has 0 aliphatic carbocycles. The van der Waals surface area contributed by atoms with Crippen LogP contribution in [0.1, 0.15) is 27.3 Å². The van der Waals surface area contributed by atoms with E-state index in [1.54, 1.807) is 16.8 Å². The maximum Gasteiger partial charge on any atom is 0.185 e. The summed E-state index contributed by atoms with van der Waals surface area (Å²) in [7, 11) is 1.88. The molecular formula is C15H16N2O. The molecule has 1 heterocycles. The molecule has 0 radical (unpaired) electrons. The highest BCUT2D eigenvalue weighted by atomic mass is 16.1. The van der Waals surface area contributed by atoms with Crippen LogP contribution >= 0.6 is 0 Å². The lowest BCUT2D eigenvalue weighted by Crippen LogP contribution is -1.94. The topological polar surface area (TPSA) is 34.9 Å². The van der Waals surface area contributed by atoms with Gasteiger partial charge in [-0.1, -0.05) is 23.8 Å². The molecule has 18 heavy (non-hydrogen) atoms. The highest BCUT2D eigenvalue weighted by Gasteiger charge is 2.02. The van der Waals surface area contributed by atoms with Crippen molar-refractivity contribution < 1.29 is 4.79 Å². The number of aryl methyl sites for hydroxylation is 3. The van der Waals surface area contributed by atoms with Crippen LogP contribution in [0.25, 0.3) is 6.08 Å². The third-order valence-corrected chi connectivity index (χ3v) is 2.84. The zero-order valence-corrected chi connectivity index (χ0v) is 10.8. The van der Waals surface area contributed by atoms with Gasteiger partial charge in [0.2, 0.25) is 0 Å². The molecule has 0 N–H and O–H groups in total. The Kier molecular flexibility index (Phi) is 3.42. The van der Waals surface area contributed by atoms with Crippen LogP contribution in [-0.2, 0) is 7.05 Å². The van der Waals surface area contributed by atoms with Gasteiger partial charge in [0.25, 0.3) is 0 Å². The zero-order valence-electron chi connectivity index (χ0n) is 10.8. The van der Waals surface area contributed by atoms with Crippen molar-refractivity contribution in [3.63, 3.8) is 0 Å². The maximum absolute atomic E-state index is 11.9. The molecule has 0 atom stereocenters. The van der Waals surface area contributed by atoms with Gasteiger partial charge >= 0.3 is 0 Å². The molecule has 2 aromatic rings. The fraction of sp³-hybridized carbons (Fsp3) is 0.200. The number of hydrogen-bond donors (Lipinski definition) is 0. The van der Waals surface area contributed by atoms with E-state index in [0.29, 0.717) is 5.56 Å². The Morgan fingerprint density at radius 2 is 2.06 bits per heavy atom. The molecule has 0 aliphatic heterocycles. The summed E-state index contributed by atoms with van der Waals surface area (Å²) in [4.78, 5) is 11.9. The molecule has 0 aliphatic rings. The first kappa shape index (κ1) is 12.3. The summed E-state index contributed by atoms with van der Waals surface area (Å²) < 4.78 is 1.79. The van der Waals surface area contributed by atoms with Crippen LogP contribution in [0.4, 0.5) is 0 Å². The molecule has 3 heteroatoms. The average molecular weight is 240 g/mol. The fourth-order valence-electron chi connectivity index (χ4n) is 1.73. The SMILES string of the molecule is Cc1cccc(C(=O)/C=C/c2cc(C)n(C)n2)c1. The van der Waals surface area contributed by atoms with E-state index in [2.05, 4.69) is 5.10 Å².